The molecule has 0 bridgehead atoms. The van der Waals surface area contributed by atoms with Gasteiger partial charge in [0, 0.05) is 67.1 Å². The summed E-state index contributed by atoms with van der Waals surface area (Å²) in [5.41, 5.74) is 5.88. The highest BCUT2D eigenvalue weighted by Gasteiger charge is 2.14. The number of piperazine rings is 1. The third-order valence-electron chi connectivity index (χ3n) is 5.74. The molecule has 0 amide bonds. The van der Waals surface area contributed by atoms with Gasteiger partial charge in [-0.25, -0.2) is 0 Å². The maximum atomic E-state index is 6.15. The number of likely N-dealkylation sites (N-methyl/N-ethyl adjacent to an activating group) is 1. The van der Waals surface area contributed by atoms with Gasteiger partial charge >= 0.3 is 0 Å². The minimum absolute atomic E-state index is 0.771. The van der Waals surface area contributed by atoms with Crippen molar-refractivity contribution in [3.63, 3.8) is 0 Å². The summed E-state index contributed by atoms with van der Waals surface area (Å²) in [6.07, 6.45) is 2.99. The van der Waals surface area contributed by atoms with Crippen LogP contribution in [0.2, 0.25) is 5.02 Å². The fourth-order valence-corrected chi connectivity index (χ4v) is 4.10. The van der Waals surface area contributed by atoms with Gasteiger partial charge in [0.25, 0.3) is 0 Å². The molecule has 5 heteroatoms. The molecule has 2 N–H and O–H groups in total. The molecular weight excluding hydrogens is 380 g/mol. The Morgan fingerprint density at radius 3 is 2.79 bits per heavy atom. The van der Waals surface area contributed by atoms with Gasteiger partial charge < -0.3 is 15.2 Å². The molecule has 4 nitrogen and oxygen atoms in total. The average Bonchev–Trinajstić information content (AvgIpc) is 3.12. The molecule has 152 valence electrons. The Kier molecular flexibility index (Phi) is 6.24. The molecule has 3 aromatic rings. The first-order valence-corrected chi connectivity index (χ1v) is 10.6. The zero-order chi connectivity index (χ0) is 20.2. The van der Waals surface area contributed by atoms with Crippen LogP contribution in [0.3, 0.4) is 0 Å². The summed E-state index contributed by atoms with van der Waals surface area (Å²) in [6.45, 7) is 10.7. The van der Waals surface area contributed by atoms with Crippen LogP contribution in [0.4, 0.5) is 0 Å². The van der Waals surface area contributed by atoms with Gasteiger partial charge in [0.15, 0.2) is 0 Å². The van der Waals surface area contributed by atoms with E-state index in [0.717, 1.165) is 61.9 Å². The van der Waals surface area contributed by atoms with Gasteiger partial charge in [0.2, 0.25) is 0 Å². The molecule has 0 spiro atoms. The lowest BCUT2D eigenvalue weighted by Gasteiger charge is -2.32. The van der Waals surface area contributed by atoms with Crippen LogP contribution in [0.15, 0.2) is 55.2 Å². The fourth-order valence-electron chi connectivity index (χ4n) is 3.93. The Morgan fingerprint density at radius 2 is 1.97 bits per heavy atom. The Balaban J connectivity index is 1.33. The first-order chi connectivity index (χ1) is 14.1. The molecule has 1 aromatic heterocycles. The summed E-state index contributed by atoms with van der Waals surface area (Å²) in [7, 11) is 2.19. The third kappa shape index (κ3) is 5.02. The van der Waals surface area contributed by atoms with Crippen LogP contribution in [0.25, 0.3) is 16.6 Å². The van der Waals surface area contributed by atoms with Gasteiger partial charge in [-0.2, -0.15) is 0 Å². The number of benzene rings is 2. The summed E-state index contributed by atoms with van der Waals surface area (Å²) in [5, 5.41) is 5.46. The van der Waals surface area contributed by atoms with Crippen LogP contribution in [0.5, 0.6) is 0 Å². The van der Waals surface area contributed by atoms with E-state index in [2.05, 4.69) is 64.2 Å². The number of rotatable bonds is 7. The monoisotopic (exact) mass is 408 g/mol. The number of nitrogens with one attached hydrogen (secondary N) is 2. The van der Waals surface area contributed by atoms with Crippen molar-refractivity contribution in [2.45, 2.75) is 13.0 Å². The Bertz CT molecular complexity index is 985. The second-order valence-corrected chi connectivity index (χ2v) is 8.38. The van der Waals surface area contributed by atoms with E-state index in [-0.39, 0.29) is 0 Å². The maximum absolute atomic E-state index is 6.15. The van der Waals surface area contributed by atoms with Crippen molar-refractivity contribution < 1.29 is 0 Å². The lowest BCUT2D eigenvalue weighted by atomic mass is 10.1. The molecule has 29 heavy (non-hydrogen) atoms. The number of aromatic nitrogens is 1. The Hall–Kier alpha value is -2.27. The van der Waals surface area contributed by atoms with Crippen LogP contribution < -0.4 is 5.32 Å². The number of H-pyrrole nitrogens is 1. The first-order valence-electron chi connectivity index (χ1n) is 10.3. The van der Waals surface area contributed by atoms with Crippen molar-refractivity contribution in [2.24, 2.45) is 0 Å². The first kappa shape index (κ1) is 20.0. The van der Waals surface area contributed by atoms with E-state index < -0.39 is 0 Å². The highest BCUT2D eigenvalue weighted by molar-refractivity contribution is 6.31. The van der Waals surface area contributed by atoms with Crippen molar-refractivity contribution in [2.75, 3.05) is 39.8 Å². The van der Waals surface area contributed by atoms with Crippen LogP contribution in [-0.4, -0.2) is 54.6 Å². The van der Waals surface area contributed by atoms with E-state index in [1.54, 1.807) is 0 Å². The van der Waals surface area contributed by atoms with Gasteiger partial charge in [-0.15, -0.1) is 0 Å². The average molecular weight is 409 g/mol. The molecule has 2 heterocycles. The SMILES string of the molecule is C=C(NCCc1c[nH]c2ccc(Cl)cc12)c1cccc(CN2CCN(C)CC2)c1. The molecule has 1 aliphatic heterocycles. The summed E-state index contributed by atoms with van der Waals surface area (Å²) >= 11 is 6.15. The van der Waals surface area contributed by atoms with Crippen molar-refractivity contribution in [3.05, 3.63) is 77.0 Å². The summed E-state index contributed by atoms with van der Waals surface area (Å²) in [6, 6.07) is 14.7. The van der Waals surface area contributed by atoms with E-state index >= 15 is 0 Å². The van der Waals surface area contributed by atoms with Gasteiger partial charge in [-0.05, 0) is 54.4 Å². The maximum Gasteiger partial charge on any atom is 0.0457 e. The standard InChI is InChI=1S/C24H29ClN4/c1-18(26-9-8-21-16-27-24-7-6-22(25)15-23(21)24)20-5-3-4-19(14-20)17-29-12-10-28(2)11-13-29/h3-7,14-16,26-27H,1,8-13,17H2,2H3. The molecule has 2 aromatic carbocycles. The lowest BCUT2D eigenvalue weighted by Crippen LogP contribution is -2.43. The molecular formula is C24H29ClN4. The molecule has 0 aliphatic carbocycles. The van der Waals surface area contributed by atoms with Crippen LogP contribution in [0, 0.1) is 0 Å². The quantitative estimate of drug-likeness (QED) is 0.609. The normalized spacial score (nSPS) is 15.7. The van der Waals surface area contributed by atoms with Crippen molar-refractivity contribution in [1.29, 1.82) is 0 Å². The molecule has 0 radical (unpaired) electrons. The van der Waals surface area contributed by atoms with Crippen molar-refractivity contribution >= 4 is 28.2 Å². The smallest absolute Gasteiger partial charge is 0.0457 e. The minimum atomic E-state index is 0.771. The second-order valence-electron chi connectivity index (χ2n) is 7.94. The zero-order valence-electron chi connectivity index (χ0n) is 17.0. The third-order valence-corrected chi connectivity index (χ3v) is 5.97. The minimum Gasteiger partial charge on any atom is -0.385 e. The zero-order valence-corrected chi connectivity index (χ0v) is 17.8. The molecule has 1 fully saturated rings. The Morgan fingerprint density at radius 1 is 1.14 bits per heavy atom. The van der Waals surface area contributed by atoms with Crippen molar-refractivity contribution in [1.82, 2.24) is 20.1 Å². The number of aromatic amines is 1. The van der Waals surface area contributed by atoms with Crippen molar-refractivity contribution in [3.8, 4) is 0 Å². The van der Waals surface area contributed by atoms with Crippen LogP contribution >= 0.6 is 11.6 Å². The Labute approximate surface area is 178 Å². The topological polar surface area (TPSA) is 34.3 Å². The molecule has 0 saturated carbocycles. The molecule has 0 atom stereocenters. The van der Waals surface area contributed by atoms with Crippen LogP contribution in [0.1, 0.15) is 16.7 Å². The predicted octanol–water partition coefficient (Wildman–Crippen LogP) is 4.37. The fraction of sp³-hybridized carbons (Fsp3) is 0.333. The van der Waals surface area contributed by atoms with Gasteiger partial charge in [-0.1, -0.05) is 36.4 Å². The van der Waals surface area contributed by atoms with E-state index in [4.69, 9.17) is 11.6 Å². The summed E-state index contributed by atoms with van der Waals surface area (Å²) < 4.78 is 0. The number of hydrogen-bond donors (Lipinski definition) is 2. The lowest BCUT2D eigenvalue weighted by molar-refractivity contribution is 0.148. The second kappa shape index (κ2) is 9.04. The number of nitrogens with zero attached hydrogens (tertiary/aromatic N) is 2. The highest BCUT2D eigenvalue weighted by Crippen LogP contribution is 2.23. The number of halogens is 1. The summed E-state index contributed by atoms with van der Waals surface area (Å²) in [5.74, 6) is 0. The van der Waals surface area contributed by atoms with E-state index in [9.17, 15) is 0 Å². The molecule has 0 unspecified atom stereocenters. The number of hydrogen-bond acceptors (Lipinski definition) is 3. The van der Waals surface area contributed by atoms with Crippen LogP contribution in [-0.2, 0) is 13.0 Å². The predicted molar refractivity (Wildman–Crippen MR) is 123 cm³/mol. The molecule has 4 rings (SSSR count). The van der Waals surface area contributed by atoms with E-state index in [1.165, 1.54) is 22.1 Å². The van der Waals surface area contributed by atoms with Gasteiger partial charge in [-0.3, -0.25) is 4.90 Å². The highest BCUT2D eigenvalue weighted by atomic mass is 35.5. The number of fused-ring (bicyclic) bond motifs is 1. The summed E-state index contributed by atoms with van der Waals surface area (Å²) in [4.78, 5) is 8.23. The van der Waals surface area contributed by atoms with Gasteiger partial charge in [0.1, 0.15) is 0 Å². The molecule has 1 aliphatic rings. The largest absolute Gasteiger partial charge is 0.385 e. The molecule has 1 saturated heterocycles. The van der Waals surface area contributed by atoms with Gasteiger partial charge in [0.05, 0.1) is 0 Å². The van der Waals surface area contributed by atoms with E-state index in [1.807, 2.05) is 18.2 Å². The van der Waals surface area contributed by atoms with E-state index in [0.29, 0.717) is 0 Å².